The molecule has 142 valence electrons. The molecular weight excluding hydrogens is 336 g/mol. The van der Waals surface area contributed by atoms with Crippen LogP contribution in [0.3, 0.4) is 0 Å². The van der Waals surface area contributed by atoms with Crippen LogP contribution in [0.25, 0.3) is 0 Å². The van der Waals surface area contributed by atoms with Crippen LogP contribution in [0.4, 0.5) is 0 Å². The van der Waals surface area contributed by atoms with E-state index in [1.54, 1.807) is 0 Å². The maximum Gasteiger partial charge on any atom is 0.260 e. The largest absolute Gasteiger partial charge is 0.484 e. The lowest BCUT2D eigenvalue weighted by Crippen LogP contribution is -2.44. The highest BCUT2D eigenvalue weighted by Gasteiger charge is 2.36. The van der Waals surface area contributed by atoms with Gasteiger partial charge in [-0.15, -0.1) is 0 Å². The zero-order valence-corrected chi connectivity index (χ0v) is 16.0. The Morgan fingerprint density at radius 2 is 1.78 bits per heavy atom. The smallest absolute Gasteiger partial charge is 0.260 e. The number of benzene rings is 2. The molecule has 2 atom stereocenters. The Labute approximate surface area is 161 Å². The summed E-state index contributed by atoms with van der Waals surface area (Å²) < 4.78 is 5.73. The maximum atomic E-state index is 12.8. The quantitative estimate of drug-likeness (QED) is 0.814. The van der Waals surface area contributed by atoms with Crippen LogP contribution in [0.1, 0.15) is 24.0 Å². The molecule has 4 nitrogen and oxygen atoms in total. The lowest BCUT2D eigenvalue weighted by Gasteiger charge is -2.36. The molecular formula is C23H28N2O2. The fourth-order valence-electron chi connectivity index (χ4n) is 4.27. The molecule has 2 aromatic carbocycles. The number of carbonyl (C=O) groups excluding carboxylic acids is 1. The molecule has 3 aliphatic rings. The molecule has 3 fully saturated rings. The SMILES string of the molecule is Cc1ccc(OCC(=O)N2C[C@@H]3CC[C@H](C2)N(Cc2ccccc2)C3)cc1. The van der Waals surface area contributed by atoms with Crippen LogP contribution in [-0.4, -0.2) is 48.0 Å². The Bertz CT molecular complexity index is 760. The van der Waals surface area contributed by atoms with E-state index >= 15 is 0 Å². The molecule has 4 heteroatoms. The Hall–Kier alpha value is -2.33. The van der Waals surface area contributed by atoms with Gasteiger partial charge in [0.05, 0.1) is 0 Å². The van der Waals surface area contributed by atoms with E-state index < -0.39 is 0 Å². The number of fused-ring (bicyclic) bond motifs is 4. The van der Waals surface area contributed by atoms with Gasteiger partial charge in [0.1, 0.15) is 5.75 Å². The average Bonchev–Trinajstić information content (AvgIpc) is 3.00. The zero-order valence-electron chi connectivity index (χ0n) is 16.0. The molecule has 2 aromatic rings. The summed E-state index contributed by atoms with van der Waals surface area (Å²) in [7, 11) is 0. The van der Waals surface area contributed by atoms with E-state index in [0.29, 0.717) is 12.0 Å². The van der Waals surface area contributed by atoms with Crippen molar-refractivity contribution in [3.05, 3.63) is 65.7 Å². The number of hydrogen-bond donors (Lipinski definition) is 0. The van der Waals surface area contributed by atoms with Crippen molar-refractivity contribution in [2.75, 3.05) is 26.2 Å². The summed E-state index contributed by atoms with van der Waals surface area (Å²) in [5.41, 5.74) is 2.54. The van der Waals surface area contributed by atoms with Crippen molar-refractivity contribution in [3.63, 3.8) is 0 Å². The summed E-state index contributed by atoms with van der Waals surface area (Å²) in [5.74, 6) is 1.43. The maximum absolute atomic E-state index is 12.8. The number of nitrogens with zero attached hydrogens (tertiary/aromatic N) is 2. The third kappa shape index (κ3) is 4.51. The normalized spacial score (nSPS) is 22.5. The number of piperidine rings is 1. The van der Waals surface area contributed by atoms with Gasteiger partial charge < -0.3 is 9.64 Å². The van der Waals surface area contributed by atoms with Crippen LogP contribution in [-0.2, 0) is 11.3 Å². The highest BCUT2D eigenvalue weighted by atomic mass is 16.5. The number of aryl methyl sites for hydroxylation is 1. The van der Waals surface area contributed by atoms with Crippen LogP contribution in [0, 0.1) is 12.8 Å². The minimum Gasteiger partial charge on any atom is -0.484 e. The van der Waals surface area contributed by atoms with Crippen LogP contribution < -0.4 is 4.74 Å². The predicted octanol–water partition coefficient (Wildman–Crippen LogP) is 3.50. The van der Waals surface area contributed by atoms with Gasteiger partial charge >= 0.3 is 0 Å². The Kier molecular flexibility index (Phi) is 5.44. The molecule has 1 amide bonds. The van der Waals surface area contributed by atoms with Gasteiger partial charge in [0.15, 0.2) is 6.61 Å². The summed E-state index contributed by atoms with van der Waals surface area (Å²) in [5, 5.41) is 0. The molecule has 0 spiro atoms. The third-order valence-electron chi connectivity index (χ3n) is 5.79. The molecule has 3 saturated heterocycles. The van der Waals surface area contributed by atoms with Crippen molar-refractivity contribution in [2.24, 2.45) is 5.92 Å². The number of carbonyl (C=O) groups is 1. The van der Waals surface area contributed by atoms with E-state index in [1.165, 1.54) is 24.0 Å². The van der Waals surface area contributed by atoms with Gasteiger partial charge in [-0.2, -0.15) is 0 Å². The number of ether oxygens (including phenoxy) is 1. The summed E-state index contributed by atoms with van der Waals surface area (Å²) in [6.45, 7) is 5.91. The Morgan fingerprint density at radius 3 is 2.56 bits per heavy atom. The topological polar surface area (TPSA) is 32.8 Å². The van der Waals surface area contributed by atoms with E-state index in [0.717, 1.165) is 31.9 Å². The molecule has 0 saturated carbocycles. The van der Waals surface area contributed by atoms with Gasteiger partial charge in [-0.1, -0.05) is 48.0 Å². The second-order valence-corrected chi connectivity index (χ2v) is 7.91. The van der Waals surface area contributed by atoms with E-state index in [1.807, 2.05) is 36.1 Å². The van der Waals surface area contributed by atoms with Gasteiger partial charge in [-0.05, 0) is 43.4 Å². The van der Waals surface area contributed by atoms with Crippen LogP contribution in [0.15, 0.2) is 54.6 Å². The van der Waals surface area contributed by atoms with E-state index in [2.05, 4.69) is 35.2 Å². The number of rotatable bonds is 5. The van der Waals surface area contributed by atoms with Gasteiger partial charge in [0, 0.05) is 32.2 Å². The Morgan fingerprint density at radius 1 is 1.00 bits per heavy atom. The summed E-state index contributed by atoms with van der Waals surface area (Å²) in [6.07, 6.45) is 2.40. The monoisotopic (exact) mass is 364 g/mol. The Balaban J connectivity index is 1.36. The first-order valence-corrected chi connectivity index (χ1v) is 9.92. The molecule has 0 aliphatic carbocycles. The minimum absolute atomic E-state index is 0.106. The molecule has 0 aromatic heterocycles. The molecule has 0 unspecified atom stereocenters. The van der Waals surface area contributed by atoms with Crippen LogP contribution in [0.5, 0.6) is 5.75 Å². The lowest BCUT2D eigenvalue weighted by atomic mass is 9.94. The standard InChI is InChI=1S/C23H28N2O2/c1-18-7-11-22(12-8-18)27-17-23(26)25-15-20-9-10-21(16-25)24(14-20)13-19-5-3-2-4-6-19/h2-8,11-12,20-21H,9-10,13-17H2,1H3/t20-,21-/m1/s1. The lowest BCUT2D eigenvalue weighted by molar-refractivity contribution is -0.133. The first-order chi connectivity index (χ1) is 13.2. The van der Waals surface area contributed by atoms with E-state index in [9.17, 15) is 4.79 Å². The van der Waals surface area contributed by atoms with Gasteiger partial charge in [0.25, 0.3) is 5.91 Å². The van der Waals surface area contributed by atoms with Crippen LogP contribution >= 0.6 is 0 Å². The summed E-state index contributed by atoms with van der Waals surface area (Å²) in [6, 6.07) is 19.0. The van der Waals surface area contributed by atoms with E-state index in [4.69, 9.17) is 4.74 Å². The average molecular weight is 364 g/mol. The molecule has 5 rings (SSSR count). The highest BCUT2D eigenvalue weighted by molar-refractivity contribution is 5.78. The first kappa shape index (κ1) is 18.1. The van der Waals surface area contributed by atoms with Crippen molar-refractivity contribution in [2.45, 2.75) is 32.4 Å². The minimum atomic E-state index is 0.106. The van der Waals surface area contributed by atoms with Gasteiger partial charge in [-0.3, -0.25) is 9.69 Å². The fourth-order valence-corrected chi connectivity index (χ4v) is 4.27. The fraction of sp³-hybridized carbons (Fsp3) is 0.435. The third-order valence-corrected chi connectivity index (χ3v) is 5.79. The molecule has 2 bridgehead atoms. The molecule has 27 heavy (non-hydrogen) atoms. The second kappa shape index (κ2) is 8.13. The van der Waals surface area contributed by atoms with Crippen molar-refractivity contribution in [1.29, 1.82) is 0 Å². The highest BCUT2D eigenvalue weighted by Crippen LogP contribution is 2.29. The summed E-state index contributed by atoms with van der Waals surface area (Å²) in [4.78, 5) is 17.4. The van der Waals surface area contributed by atoms with E-state index in [-0.39, 0.29) is 12.5 Å². The van der Waals surface area contributed by atoms with Gasteiger partial charge in [0.2, 0.25) is 0 Å². The zero-order chi connectivity index (χ0) is 18.6. The van der Waals surface area contributed by atoms with Crippen molar-refractivity contribution < 1.29 is 9.53 Å². The molecule has 3 aliphatic heterocycles. The summed E-state index contributed by atoms with van der Waals surface area (Å²) >= 11 is 0. The molecule has 0 N–H and O–H groups in total. The first-order valence-electron chi connectivity index (χ1n) is 9.92. The van der Waals surface area contributed by atoms with Gasteiger partial charge in [-0.25, -0.2) is 0 Å². The second-order valence-electron chi connectivity index (χ2n) is 7.91. The van der Waals surface area contributed by atoms with Crippen molar-refractivity contribution >= 4 is 5.91 Å². The number of hydrogen-bond acceptors (Lipinski definition) is 3. The van der Waals surface area contributed by atoms with Crippen LogP contribution in [0.2, 0.25) is 0 Å². The van der Waals surface area contributed by atoms with Crippen molar-refractivity contribution in [3.8, 4) is 5.75 Å². The molecule has 3 heterocycles. The molecule has 0 radical (unpaired) electrons. The predicted molar refractivity (Wildman–Crippen MR) is 107 cm³/mol. The number of amides is 1. The van der Waals surface area contributed by atoms with Crippen molar-refractivity contribution in [1.82, 2.24) is 9.80 Å².